The summed E-state index contributed by atoms with van der Waals surface area (Å²) < 4.78 is 0. The Labute approximate surface area is 127 Å². The Morgan fingerprint density at radius 2 is 1.65 bits per heavy atom. The second kappa shape index (κ2) is 11.8. The van der Waals surface area contributed by atoms with Gasteiger partial charge in [0.15, 0.2) is 0 Å². The van der Waals surface area contributed by atoms with Crippen molar-refractivity contribution in [2.24, 2.45) is 0 Å². The maximum atomic E-state index is 4.13. The molecule has 1 aliphatic rings. The van der Waals surface area contributed by atoms with Crippen LogP contribution in [-0.2, 0) is 0 Å². The quantitative estimate of drug-likeness (QED) is 0.546. The van der Waals surface area contributed by atoms with E-state index in [4.69, 9.17) is 0 Å². The smallest absolute Gasteiger partial charge is 0.0162 e. The molecule has 0 radical (unpaired) electrons. The number of hydrogen-bond donors (Lipinski definition) is 0. The minimum absolute atomic E-state index is 0.804. The van der Waals surface area contributed by atoms with Crippen LogP contribution in [0.25, 0.3) is 5.57 Å². The van der Waals surface area contributed by atoms with Crippen molar-refractivity contribution in [3.8, 4) is 0 Å². The molecule has 114 valence electrons. The van der Waals surface area contributed by atoms with Gasteiger partial charge in [0, 0.05) is 0 Å². The van der Waals surface area contributed by atoms with Gasteiger partial charge >= 0.3 is 0 Å². The van der Waals surface area contributed by atoms with Crippen LogP contribution in [0.1, 0.15) is 90.2 Å². The van der Waals surface area contributed by atoms with E-state index in [1.54, 1.807) is 0 Å². The summed E-state index contributed by atoms with van der Waals surface area (Å²) in [5.74, 6) is 0.804. The summed E-state index contributed by atoms with van der Waals surface area (Å²) in [7, 11) is 0. The molecule has 0 aliphatic heterocycles. The molecule has 0 nitrogen and oxygen atoms in total. The van der Waals surface area contributed by atoms with E-state index >= 15 is 0 Å². The first-order chi connectivity index (χ1) is 9.81. The predicted octanol–water partition coefficient (Wildman–Crippen LogP) is 7.21. The SMILES string of the molecule is C=C(CC)c1cccc(C2CCCCC2)c1.CC.CC. The minimum atomic E-state index is 0.804. The van der Waals surface area contributed by atoms with Gasteiger partial charge in [0.25, 0.3) is 0 Å². The molecular weight excluding hydrogens is 240 g/mol. The van der Waals surface area contributed by atoms with E-state index in [-0.39, 0.29) is 0 Å². The maximum absolute atomic E-state index is 4.13. The van der Waals surface area contributed by atoms with Crippen LogP contribution in [0.15, 0.2) is 30.8 Å². The first-order valence-corrected chi connectivity index (χ1v) is 8.59. The van der Waals surface area contributed by atoms with Crippen molar-refractivity contribution >= 4 is 5.57 Å². The third kappa shape index (κ3) is 5.94. The van der Waals surface area contributed by atoms with Gasteiger partial charge in [0.05, 0.1) is 0 Å². The zero-order valence-electron chi connectivity index (χ0n) is 14.3. The van der Waals surface area contributed by atoms with Crippen LogP contribution in [0.5, 0.6) is 0 Å². The average molecular weight is 274 g/mol. The molecule has 0 saturated heterocycles. The van der Waals surface area contributed by atoms with Crippen LogP contribution in [0.4, 0.5) is 0 Å². The summed E-state index contributed by atoms with van der Waals surface area (Å²) >= 11 is 0. The van der Waals surface area contributed by atoms with E-state index in [0.29, 0.717) is 0 Å². The highest BCUT2D eigenvalue weighted by atomic mass is 14.2. The molecule has 0 atom stereocenters. The first-order valence-electron chi connectivity index (χ1n) is 8.59. The van der Waals surface area contributed by atoms with Crippen LogP contribution < -0.4 is 0 Å². The van der Waals surface area contributed by atoms with Gasteiger partial charge in [-0.25, -0.2) is 0 Å². The number of allylic oxidation sites excluding steroid dienone is 1. The van der Waals surface area contributed by atoms with Crippen LogP contribution in [-0.4, -0.2) is 0 Å². The molecule has 0 aromatic heterocycles. The van der Waals surface area contributed by atoms with Crippen molar-refractivity contribution in [1.29, 1.82) is 0 Å². The normalized spacial score (nSPS) is 14.4. The van der Waals surface area contributed by atoms with E-state index in [1.165, 1.54) is 48.8 Å². The van der Waals surface area contributed by atoms with Crippen LogP contribution >= 0.6 is 0 Å². The standard InChI is InChI=1S/C16H22.2C2H6/c1-3-13(2)15-10-7-11-16(12-15)14-8-5-4-6-9-14;2*1-2/h7,10-12,14H,2-6,8-9H2,1H3;2*1-2H3. The van der Waals surface area contributed by atoms with Gasteiger partial charge in [0.2, 0.25) is 0 Å². The average Bonchev–Trinajstić information content (AvgIpc) is 2.58. The van der Waals surface area contributed by atoms with Crippen molar-refractivity contribution in [3.63, 3.8) is 0 Å². The molecule has 1 fully saturated rings. The summed E-state index contributed by atoms with van der Waals surface area (Å²) in [5, 5.41) is 0. The Hall–Kier alpha value is -1.04. The molecule has 1 aromatic rings. The van der Waals surface area contributed by atoms with Gasteiger partial charge < -0.3 is 0 Å². The fourth-order valence-electron chi connectivity index (χ4n) is 2.65. The third-order valence-corrected chi connectivity index (χ3v) is 3.80. The van der Waals surface area contributed by atoms with Crippen molar-refractivity contribution in [2.75, 3.05) is 0 Å². The predicted molar refractivity (Wildman–Crippen MR) is 94.3 cm³/mol. The van der Waals surface area contributed by atoms with Gasteiger partial charge in [-0.15, -0.1) is 0 Å². The van der Waals surface area contributed by atoms with Gasteiger partial charge in [0.1, 0.15) is 0 Å². The molecule has 2 rings (SSSR count). The van der Waals surface area contributed by atoms with Crippen LogP contribution in [0.3, 0.4) is 0 Å². The van der Waals surface area contributed by atoms with Crippen molar-refractivity contribution in [1.82, 2.24) is 0 Å². The van der Waals surface area contributed by atoms with Crippen molar-refractivity contribution in [3.05, 3.63) is 42.0 Å². The topological polar surface area (TPSA) is 0 Å². The zero-order valence-corrected chi connectivity index (χ0v) is 14.3. The first kappa shape index (κ1) is 19.0. The molecule has 0 N–H and O–H groups in total. The molecule has 0 bridgehead atoms. The van der Waals surface area contributed by atoms with Crippen LogP contribution in [0, 0.1) is 0 Å². The maximum Gasteiger partial charge on any atom is -0.0162 e. The molecule has 0 unspecified atom stereocenters. The summed E-state index contributed by atoms with van der Waals surface area (Å²) in [6.07, 6.45) is 8.04. The highest BCUT2D eigenvalue weighted by Gasteiger charge is 2.15. The lowest BCUT2D eigenvalue weighted by Gasteiger charge is -2.22. The number of rotatable bonds is 3. The molecule has 1 saturated carbocycles. The third-order valence-electron chi connectivity index (χ3n) is 3.80. The highest BCUT2D eigenvalue weighted by Crippen LogP contribution is 2.33. The Morgan fingerprint density at radius 1 is 1.05 bits per heavy atom. The molecule has 1 aromatic carbocycles. The second-order valence-corrected chi connectivity index (χ2v) is 4.92. The molecule has 0 heterocycles. The summed E-state index contributed by atoms with van der Waals surface area (Å²) in [4.78, 5) is 0. The zero-order chi connectivity index (χ0) is 15.4. The lowest BCUT2D eigenvalue weighted by molar-refractivity contribution is 0.443. The number of benzene rings is 1. The van der Waals surface area contributed by atoms with Gasteiger partial charge in [-0.1, -0.05) is 84.7 Å². The van der Waals surface area contributed by atoms with E-state index in [2.05, 4.69) is 37.8 Å². The fraction of sp³-hybridized carbons (Fsp3) is 0.600. The van der Waals surface area contributed by atoms with Gasteiger partial charge in [-0.2, -0.15) is 0 Å². The summed E-state index contributed by atoms with van der Waals surface area (Å²) in [6, 6.07) is 9.04. The van der Waals surface area contributed by atoms with E-state index in [9.17, 15) is 0 Å². The van der Waals surface area contributed by atoms with Gasteiger partial charge in [-0.05, 0) is 41.9 Å². The molecule has 0 amide bonds. The van der Waals surface area contributed by atoms with E-state index in [0.717, 1.165) is 12.3 Å². The minimum Gasteiger partial charge on any atom is -0.0952 e. The molecular formula is C20H34. The van der Waals surface area contributed by atoms with E-state index < -0.39 is 0 Å². The largest absolute Gasteiger partial charge is 0.0952 e. The van der Waals surface area contributed by atoms with Crippen LogP contribution in [0.2, 0.25) is 0 Å². The molecule has 1 aliphatic carbocycles. The van der Waals surface area contributed by atoms with Gasteiger partial charge in [-0.3, -0.25) is 0 Å². The van der Waals surface area contributed by atoms with Crippen molar-refractivity contribution in [2.45, 2.75) is 79.1 Å². The molecule has 20 heavy (non-hydrogen) atoms. The lowest BCUT2D eigenvalue weighted by atomic mass is 9.83. The monoisotopic (exact) mass is 274 g/mol. The summed E-state index contributed by atoms with van der Waals surface area (Å²) in [5.41, 5.74) is 4.13. The van der Waals surface area contributed by atoms with Crippen molar-refractivity contribution < 1.29 is 0 Å². The number of hydrogen-bond acceptors (Lipinski definition) is 0. The Kier molecular flexibility index (Phi) is 11.1. The molecule has 0 spiro atoms. The lowest BCUT2D eigenvalue weighted by Crippen LogP contribution is -2.04. The Balaban J connectivity index is 0.000000829. The Morgan fingerprint density at radius 3 is 2.20 bits per heavy atom. The summed E-state index contributed by atoms with van der Waals surface area (Å²) in [6.45, 7) is 14.3. The highest BCUT2D eigenvalue weighted by molar-refractivity contribution is 5.63. The van der Waals surface area contributed by atoms with E-state index in [1.807, 2.05) is 27.7 Å². The Bertz CT molecular complexity index is 356. The molecule has 0 heteroatoms. The fourth-order valence-corrected chi connectivity index (χ4v) is 2.65. The second-order valence-electron chi connectivity index (χ2n) is 4.92.